The highest BCUT2D eigenvalue weighted by atomic mass is 35.5. The molecule has 0 aliphatic carbocycles. The van der Waals surface area contributed by atoms with Gasteiger partial charge in [0.15, 0.2) is 11.8 Å². The largest absolute Gasteiger partial charge is 0.575 e. The third kappa shape index (κ3) is 5.11. The maximum absolute atomic E-state index is 12.1. The summed E-state index contributed by atoms with van der Waals surface area (Å²) in [6.07, 6.45) is 1.15. The molecule has 0 radical (unpaired) electrons. The van der Waals surface area contributed by atoms with Crippen molar-refractivity contribution >= 4 is 36.6 Å². The zero-order valence-electron chi connectivity index (χ0n) is 14.1. The van der Waals surface area contributed by atoms with Gasteiger partial charge in [-0.1, -0.05) is 16.3 Å². The van der Waals surface area contributed by atoms with Gasteiger partial charge in [0, 0.05) is 18.2 Å². The predicted octanol–water partition coefficient (Wildman–Crippen LogP) is 3.23. The quantitative estimate of drug-likeness (QED) is 0.437. The first-order chi connectivity index (χ1) is 12.5. The van der Waals surface area contributed by atoms with Gasteiger partial charge in [0.2, 0.25) is 0 Å². The number of carbonyl (C=O) groups excluding carboxylic acids is 1. The van der Waals surface area contributed by atoms with E-state index in [1.54, 1.807) is 30.3 Å². The molecule has 1 aromatic heterocycles. The molecule has 0 bridgehead atoms. The van der Waals surface area contributed by atoms with E-state index in [1.165, 1.54) is 6.92 Å². The van der Waals surface area contributed by atoms with Crippen LogP contribution in [0.3, 0.4) is 0 Å². The first kappa shape index (κ1) is 19.0. The third-order valence-corrected chi connectivity index (χ3v) is 4.98. The lowest BCUT2D eigenvalue weighted by Crippen LogP contribution is -2.29. The molecule has 3 rings (SSSR count). The van der Waals surface area contributed by atoms with Crippen LogP contribution in [-0.2, 0) is 14.3 Å². The van der Waals surface area contributed by atoms with Crippen molar-refractivity contribution < 1.29 is 23.7 Å². The Morgan fingerprint density at radius 2 is 2.15 bits per heavy atom. The number of carbonyl (C=O) groups is 1. The molecule has 1 aromatic carbocycles. The molecule has 1 aliphatic rings. The van der Waals surface area contributed by atoms with E-state index in [0.29, 0.717) is 42.5 Å². The van der Waals surface area contributed by atoms with Gasteiger partial charge < -0.3 is 14.4 Å². The Morgan fingerprint density at radius 1 is 1.38 bits per heavy atom. The summed E-state index contributed by atoms with van der Waals surface area (Å²) in [7, 11) is -2.41. The topological polar surface area (TPSA) is 93.1 Å². The minimum Gasteiger partial charge on any atom is -0.575 e. The average Bonchev–Trinajstić information content (AvgIpc) is 2.62. The van der Waals surface area contributed by atoms with Crippen molar-refractivity contribution in [3.63, 3.8) is 0 Å². The van der Waals surface area contributed by atoms with Crippen LogP contribution in [0.5, 0.6) is 5.75 Å². The summed E-state index contributed by atoms with van der Waals surface area (Å²) in [4.78, 5) is 28.3. The Morgan fingerprint density at radius 3 is 2.92 bits per heavy atom. The molecule has 1 saturated heterocycles. The molecule has 9 heteroatoms. The molecular formula is C17H18ClN2O5P. The van der Waals surface area contributed by atoms with Crippen molar-refractivity contribution in [3.8, 4) is 5.75 Å². The number of halogens is 1. The normalized spacial score (nSPS) is 17.1. The fourth-order valence-corrected chi connectivity index (χ4v) is 3.37. The van der Waals surface area contributed by atoms with E-state index in [4.69, 9.17) is 25.6 Å². The molecule has 26 heavy (non-hydrogen) atoms. The zero-order chi connectivity index (χ0) is 18.5. The lowest BCUT2D eigenvalue weighted by Gasteiger charge is -2.22. The number of nitrogens with zero attached hydrogens (tertiary/aromatic N) is 2. The Balaban J connectivity index is 1.61. The fourth-order valence-electron chi connectivity index (χ4n) is 2.49. The number of fused-ring (bicyclic) bond motifs is 1. The van der Waals surface area contributed by atoms with Gasteiger partial charge in [0.25, 0.3) is 0 Å². The molecule has 7 nitrogen and oxygen atoms in total. The summed E-state index contributed by atoms with van der Waals surface area (Å²) in [5.41, 5.74) is 0.699. The maximum Gasteiger partial charge on any atom is 0.395 e. The van der Waals surface area contributed by atoms with Gasteiger partial charge in [-0.15, -0.1) is 0 Å². The summed E-state index contributed by atoms with van der Waals surface area (Å²) in [6.45, 7) is 2.68. The van der Waals surface area contributed by atoms with Crippen molar-refractivity contribution in [1.29, 1.82) is 0 Å². The van der Waals surface area contributed by atoms with Gasteiger partial charge in [-0.2, -0.15) is 0 Å². The lowest BCUT2D eigenvalue weighted by atomic mass is 10.1. The number of aromatic nitrogens is 1. The minimum absolute atomic E-state index is 0.174. The van der Waals surface area contributed by atoms with Crippen LogP contribution in [0.25, 0.3) is 10.9 Å². The second-order valence-corrected chi connectivity index (χ2v) is 7.13. The highest BCUT2D eigenvalue weighted by Crippen LogP contribution is 2.28. The van der Waals surface area contributed by atoms with Crippen LogP contribution in [0.4, 0.5) is 0 Å². The van der Waals surface area contributed by atoms with Gasteiger partial charge in [0.1, 0.15) is 11.3 Å². The standard InChI is InChI=1S/C17H18ClN2O5P/c1-11(17(21)24-13-6-8-23-9-7-13)20-26(22)25-14-3-4-15-12(10-14)2-5-16(18)19-15/h2-5,10-11,13H,6-9H2,1H3/t11-/m0/s1. The second-order valence-electron chi connectivity index (χ2n) is 5.86. The summed E-state index contributed by atoms with van der Waals surface area (Å²) in [5, 5.41) is 1.19. The number of rotatable bonds is 5. The molecule has 2 atom stereocenters. The van der Waals surface area contributed by atoms with Crippen molar-refractivity contribution in [2.45, 2.75) is 31.9 Å². The van der Waals surface area contributed by atoms with Crippen LogP contribution in [0.1, 0.15) is 19.8 Å². The molecule has 1 aliphatic heterocycles. The number of ether oxygens (including phenoxy) is 2. The molecule has 0 N–H and O–H groups in total. The zero-order valence-corrected chi connectivity index (χ0v) is 15.8. The van der Waals surface area contributed by atoms with Gasteiger partial charge in [-0.05, 0) is 37.3 Å². The van der Waals surface area contributed by atoms with Crippen LogP contribution in [-0.4, -0.2) is 36.3 Å². The summed E-state index contributed by atoms with van der Waals surface area (Å²) >= 11 is 5.84. The Kier molecular flexibility index (Phi) is 6.38. The van der Waals surface area contributed by atoms with E-state index in [1.807, 2.05) is 0 Å². The monoisotopic (exact) mass is 396 g/mol. The van der Waals surface area contributed by atoms with E-state index >= 15 is 0 Å². The molecule has 0 amide bonds. The Bertz CT molecular complexity index is 826. The summed E-state index contributed by atoms with van der Waals surface area (Å²) in [6, 6.07) is 7.60. The molecule has 1 unspecified atom stereocenters. The molecule has 138 valence electrons. The van der Waals surface area contributed by atoms with Crippen LogP contribution in [0.15, 0.2) is 35.1 Å². The number of benzene rings is 1. The highest BCUT2D eigenvalue weighted by molar-refractivity contribution is 7.34. The molecule has 0 spiro atoms. The van der Waals surface area contributed by atoms with E-state index in [2.05, 4.69) is 9.73 Å². The van der Waals surface area contributed by atoms with Gasteiger partial charge in [-0.25, -0.2) is 9.78 Å². The Hall–Kier alpha value is -1.79. The summed E-state index contributed by atoms with van der Waals surface area (Å²) in [5.74, 6) is -0.141. The Labute approximate surface area is 156 Å². The van der Waals surface area contributed by atoms with Gasteiger partial charge >= 0.3 is 14.1 Å². The van der Waals surface area contributed by atoms with Gasteiger partial charge in [0.05, 0.1) is 18.7 Å². The van der Waals surface area contributed by atoms with E-state index < -0.39 is 20.2 Å². The van der Waals surface area contributed by atoms with Crippen LogP contribution >= 0.6 is 19.8 Å². The highest BCUT2D eigenvalue weighted by Gasteiger charge is 2.24. The number of pyridine rings is 1. The minimum atomic E-state index is -2.41. The predicted molar refractivity (Wildman–Crippen MR) is 96.1 cm³/mol. The SMILES string of the molecule is C[C@H](N=[P+]([O-])Oc1ccc2nc(Cl)ccc2c1)C(=O)OC1CCOCC1. The second kappa shape index (κ2) is 8.73. The van der Waals surface area contributed by atoms with Crippen molar-refractivity contribution in [2.75, 3.05) is 13.2 Å². The average molecular weight is 397 g/mol. The molecule has 2 heterocycles. The lowest BCUT2D eigenvalue weighted by molar-refractivity contribution is -0.170. The van der Waals surface area contributed by atoms with Crippen molar-refractivity contribution in [3.05, 3.63) is 35.5 Å². The van der Waals surface area contributed by atoms with Crippen molar-refractivity contribution in [1.82, 2.24) is 4.98 Å². The number of hydrogen-bond donors (Lipinski definition) is 0. The smallest absolute Gasteiger partial charge is 0.395 e. The molecule has 0 saturated carbocycles. The first-order valence-electron chi connectivity index (χ1n) is 8.22. The summed E-state index contributed by atoms with van der Waals surface area (Å²) < 4.78 is 19.8. The first-order valence-corrected chi connectivity index (χ1v) is 9.72. The van der Waals surface area contributed by atoms with Crippen LogP contribution in [0.2, 0.25) is 5.15 Å². The van der Waals surface area contributed by atoms with Crippen LogP contribution < -0.4 is 9.42 Å². The number of hydrogen-bond acceptors (Lipinski definition) is 7. The number of esters is 1. The maximum atomic E-state index is 12.1. The van der Waals surface area contributed by atoms with Crippen LogP contribution in [0, 0.1) is 0 Å². The molecule has 1 fully saturated rings. The molecule has 2 aromatic rings. The van der Waals surface area contributed by atoms with E-state index in [9.17, 15) is 9.69 Å². The third-order valence-electron chi connectivity index (χ3n) is 3.87. The van der Waals surface area contributed by atoms with E-state index in [-0.39, 0.29) is 6.10 Å². The van der Waals surface area contributed by atoms with E-state index in [0.717, 1.165) is 5.39 Å². The van der Waals surface area contributed by atoms with Gasteiger partial charge in [-0.3, -0.25) is 4.52 Å². The fraction of sp³-hybridized carbons (Fsp3) is 0.412. The molecular weight excluding hydrogens is 379 g/mol. The van der Waals surface area contributed by atoms with Crippen molar-refractivity contribution in [2.24, 2.45) is 4.74 Å².